The average molecular weight is 316 g/mol. The molecule has 1 aromatic carbocycles. The van der Waals surface area contributed by atoms with Crippen LogP contribution in [0.3, 0.4) is 0 Å². The Kier molecular flexibility index (Phi) is 3.67. The van der Waals surface area contributed by atoms with E-state index in [9.17, 15) is 4.79 Å². The molecule has 5 nitrogen and oxygen atoms in total. The molecule has 1 saturated heterocycles. The first-order valence-electron chi connectivity index (χ1n) is 7.84. The zero-order valence-electron chi connectivity index (χ0n) is 13.0. The van der Waals surface area contributed by atoms with Gasteiger partial charge in [-0.25, -0.2) is 0 Å². The number of aromatic nitrogens is 3. The summed E-state index contributed by atoms with van der Waals surface area (Å²) in [7, 11) is 0. The van der Waals surface area contributed by atoms with Crippen molar-refractivity contribution >= 4 is 35.0 Å². The van der Waals surface area contributed by atoms with Crippen molar-refractivity contribution in [2.24, 2.45) is 0 Å². The van der Waals surface area contributed by atoms with Crippen LogP contribution in [0.15, 0.2) is 48.3 Å². The predicted molar refractivity (Wildman–Crippen MR) is 94.9 cm³/mol. The van der Waals surface area contributed by atoms with E-state index >= 15 is 0 Å². The van der Waals surface area contributed by atoms with Crippen molar-refractivity contribution in [1.29, 1.82) is 0 Å². The van der Waals surface area contributed by atoms with E-state index in [0.29, 0.717) is 0 Å². The van der Waals surface area contributed by atoms with E-state index in [4.69, 9.17) is 0 Å². The molecule has 0 unspecified atom stereocenters. The van der Waals surface area contributed by atoms with E-state index < -0.39 is 0 Å². The van der Waals surface area contributed by atoms with Gasteiger partial charge in [0, 0.05) is 29.9 Å². The summed E-state index contributed by atoms with van der Waals surface area (Å²) in [4.78, 5) is 15.7. The lowest BCUT2D eigenvalue weighted by molar-refractivity contribution is -0.116. The van der Waals surface area contributed by atoms with Gasteiger partial charge in [-0.2, -0.15) is 5.10 Å². The number of amides is 1. The van der Waals surface area contributed by atoms with Gasteiger partial charge in [-0.15, -0.1) is 0 Å². The van der Waals surface area contributed by atoms with Crippen LogP contribution in [0, 0.1) is 0 Å². The van der Waals surface area contributed by atoms with Gasteiger partial charge >= 0.3 is 0 Å². The maximum absolute atomic E-state index is 11.7. The summed E-state index contributed by atoms with van der Waals surface area (Å²) in [5, 5.41) is 11.3. The number of carbonyl (C=O) groups excluding carboxylic acids is 1. The van der Waals surface area contributed by atoms with Gasteiger partial charge in [-0.05, 0) is 54.0 Å². The number of H-pyrrole nitrogens is 1. The van der Waals surface area contributed by atoms with Crippen LogP contribution in [0.4, 0.5) is 0 Å². The van der Waals surface area contributed by atoms with Gasteiger partial charge in [0.2, 0.25) is 5.91 Å². The highest BCUT2D eigenvalue weighted by molar-refractivity contribution is 6.00. The number of rotatable bonds is 3. The highest BCUT2D eigenvalue weighted by atomic mass is 16.1. The standard InChI is InChI=1S/C19H16N4O/c24-19-15(7-10-21-19)11-14-1-3-16-17(22-23-18(16)12-14)4-2-13-5-8-20-9-6-13/h1-6,8-9,11-12H,7,10H2,(H,21,24)(H,22,23)/b4-2+,15-11?. The first kappa shape index (κ1) is 14.4. The fourth-order valence-corrected chi connectivity index (χ4v) is 2.80. The number of fused-ring (bicyclic) bond motifs is 1. The molecule has 2 aromatic heterocycles. The Labute approximate surface area is 139 Å². The van der Waals surface area contributed by atoms with Crippen molar-refractivity contribution in [3.63, 3.8) is 0 Å². The molecule has 0 radical (unpaired) electrons. The molecule has 5 heteroatoms. The Hall–Kier alpha value is -3.21. The topological polar surface area (TPSA) is 70.7 Å². The molecule has 3 heterocycles. The largest absolute Gasteiger partial charge is 0.352 e. The summed E-state index contributed by atoms with van der Waals surface area (Å²) in [6.07, 6.45) is 10.2. The second-order valence-corrected chi connectivity index (χ2v) is 5.70. The van der Waals surface area contributed by atoms with Gasteiger partial charge in [0.15, 0.2) is 0 Å². The van der Waals surface area contributed by atoms with E-state index in [1.165, 1.54) is 0 Å². The number of hydrogen-bond donors (Lipinski definition) is 2. The maximum atomic E-state index is 11.7. The van der Waals surface area contributed by atoms with Crippen LogP contribution in [0.2, 0.25) is 0 Å². The molecule has 0 aliphatic carbocycles. The van der Waals surface area contributed by atoms with Crippen LogP contribution in [0.1, 0.15) is 23.2 Å². The Morgan fingerprint density at radius 1 is 1.04 bits per heavy atom. The van der Waals surface area contributed by atoms with Crippen molar-refractivity contribution < 1.29 is 4.79 Å². The number of pyridine rings is 1. The molecular weight excluding hydrogens is 300 g/mol. The zero-order valence-corrected chi connectivity index (χ0v) is 13.0. The number of nitrogens with one attached hydrogen (secondary N) is 2. The monoisotopic (exact) mass is 316 g/mol. The molecule has 1 fully saturated rings. The van der Waals surface area contributed by atoms with E-state index in [1.807, 2.05) is 48.6 Å². The molecular formula is C19H16N4O. The average Bonchev–Trinajstić information content (AvgIpc) is 3.20. The van der Waals surface area contributed by atoms with Gasteiger partial charge in [-0.3, -0.25) is 14.9 Å². The SMILES string of the molecule is O=C1NCCC1=Cc1ccc2c(/C=C/c3ccncc3)n[nH]c2c1. The molecule has 0 bridgehead atoms. The Morgan fingerprint density at radius 2 is 1.92 bits per heavy atom. The fourth-order valence-electron chi connectivity index (χ4n) is 2.80. The smallest absolute Gasteiger partial charge is 0.247 e. The summed E-state index contributed by atoms with van der Waals surface area (Å²) in [6.45, 7) is 0.723. The summed E-state index contributed by atoms with van der Waals surface area (Å²) in [6, 6.07) is 9.96. The molecule has 118 valence electrons. The zero-order chi connectivity index (χ0) is 16.4. The number of carbonyl (C=O) groups is 1. The van der Waals surface area contributed by atoms with E-state index in [0.717, 1.165) is 46.3 Å². The minimum Gasteiger partial charge on any atom is -0.352 e. The number of benzene rings is 1. The first-order chi connectivity index (χ1) is 11.8. The van der Waals surface area contributed by atoms with Gasteiger partial charge in [-0.1, -0.05) is 12.1 Å². The number of hydrogen-bond acceptors (Lipinski definition) is 3. The molecule has 24 heavy (non-hydrogen) atoms. The van der Waals surface area contributed by atoms with Crippen molar-refractivity contribution in [2.45, 2.75) is 6.42 Å². The molecule has 3 aromatic rings. The highest BCUT2D eigenvalue weighted by Gasteiger charge is 2.15. The summed E-state index contributed by atoms with van der Waals surface area (Å²) in [5.41, 5.74) is 4.75. The second kappa shape index (κ2) is 6.12. The third kappa shape index (κ3) is 2.84. The van der Waals surface area contributed by atoms with Crippen molar-refractivity contribution in [1.82, 2.24) is 20.5 Å². The molecule has 1 amide bonds. The lowest BCUT2D eigenvalue weighted by Crippen LogP contribution is -2.13. The Morgan fingerprint density at radius 3 is 2.71 bits per heavy atom. The Bertz CT molecular complexity index is 954. The van der Waals surface area contributed by atoms with Gasteiger partial charge in [0.05, 0.1) is 11.2 Å². The molecule has 2 N–H and O–H groups in total. The molecule has 0 atom stereocenters. The maximum Gasteiger partial charge on any atom is 0.247 e. The van der Waals surface area contributed by atoms with Crippen LogP contribution in [0.25, 0.3) is 29.1 Å². The number of nitrogens with zero attached hydrogens (tertiary/aromatic N) is 2. The summed E-state index contributed by atoms with van der Waals surface area (Å²) in [5.74, 6) is 0.0284. The van der Waals surface area contributed by atoms with Gasteiger partial charge < -0.3 is 5.32 Å². The van der Waals surface area contributed by atoms with Crippen molar-refractivity contribution in [3.8, 4) is 0 Å². The van der Waals surface area contributed by atoms with Crippen LogP contribution < -0.4 is 5.32 Å². The van der Waals surface area contributed by atoms with E-state index in [1.54, 1.807) is 12.4 Å². The first-order valence-corrected chi connectivity index (χ1v) is 7.84. The van der Waals surface area contributed by atoms with Crippen molar-refractivity contribution in [3.05, 3.63) is 65.1 Å². The lowest BCUT2D eigenvalue weighted by Gasteiger charge is -1.97. The van der Waals surface area contributed by atoms with E-state index in [2.05, 4.69) is 20.5 Å². The molecule has 4 rings (SSSR count). The summed E-state index contributed by atoms with van der Waals surface area (Å²) >= 11 is 0. The van der Waals surface area contributed by atoms with E-state index in [-0.39, 0.29) is 5.91 Å². The predicted octanol–water partition coefficient (Wildman–Crippen LogP) is 3.03. The minimum atomic E-state index is 0.0284. The number of aromatic amines is 1. The van der Waals surface area contributed by atoms with Gasteiger partial charge in [0.1, 0.15) is 0 Å². The van der Waals surface area contributed by atoms with Crippen LogP contribution in [0.5, 0.6) is 0 Å². The van der Waals surface area contributed by atoms with Crippen LogP contribution >= 0.6 is 0 Å². The third-order valence-electron chi connectivity index (χ3n) is 4.07. The van der Waals surface area contributed by atoms with Gasteiger partial charge in [0.25, 0.3) is 0 Å². The lowest BCUT2D eigenvalue weighted by atomic mass is 10.1. The Balaban J connectivity index is 1.64. The quantitative estimate of drug-likeness (QED) is 0.730. The van der Waals surface area contributed by atoms with Crippen LogP contribution in [-0.4, -0.2) is 27.6 Å². The minimum absolute atomic E-state index is 0.0284. The molecule has 1 aliphatic heterocycles. The molecule has 0 spiro atoms. The normalized spacial score (nSPS) is 16.3. The second-order valence-electron chi connectivity index (χ2n) is 5.70. The highest BCUT2D eigenvalue weighted by Crippen LogP contribution is 2.22. The van der Waals surface area contributed by atoms with Crippen LogP contribution in [-0.2, 0) is 4.79 Å². The van der Waals surface area contributed by atoms with Crippen molar-refractivity contribution in [2.75, 3.05) is 6.54 Å². The molecule has 1 aliphatic rings. The fraction of sp³-hybridized carbons (Fsp3) is 0.105. The molecule has 0 saturated carbocycles. The summed E-state index contributed by atoms with van der Waals surface area (Å²) < 4.78 is 0. The third-order valence-corrected chi connectivity index (χ3v) is 4.07.